The third-order valence-corrected chi connectivity index (χ3v) is 5.60. The van der Waals surface area contributed by atoms with E-state index in [9.17, 15) is 4.79 Å². The van der Waals surface area contributed by atoms with Crippen molar-refractivity contribution in [3.05, 3.63) is 34.9 Å². The Morgan fingerprint density at radius 3 is 2.15 bits per heavy atom. The first-order valence-corrected chi connectivity index (χ1v) is 10.9. The Labute approximate surface area is 166 Å². The zero-order valence-electron chi connectivity index (χ0n) is 17.3. The smallest absolute Gasteiger partial charge is 0.225 e. The number of carbonyl (C=O) groups excluding carboxylic acids is 1. The predicted molar refractivity (Wildman–Crippen MR) is 114 cm³/mol. The predicted octanol–water partition coefficient (Wildman–Crippen LogP) is 7.07. The van der Waals surface area contributed by atoms with Crippen molar-refractivity contribution in [2.24, 2.45) is 5.92 Å². The van der Waals surface area contributed by atoms with E-state index in [0.29, 0.717) is 11.8 Å². The van der Waals surface area contributed by atoms with Gasteiger partial charge in [-0.05, 0) is 55.7 Å². The van der Waals surface area contributed by atoms with Crippen LogP contribution in [-0.4, -0.2) is 23.9 Å². The molecule has 1 aromatic carbocycles. The molecule has 2 atom stereocenters. The van der Waals surface area contributed by atoms with Crippen LogP contribution in [-0.2, 0) is 4.79 Å². The van der Waals surface area contributed by atoms with Gasteiger partial charge in [0.1, 0.15) is 0 Å². The number of amides is 1. The van der Waals surface area contributed by atoms with Crippen LogP contribution in [0.4, 0.5) is 0 Å². The first-order chi connectivity index (χ1) is 12.5. The zero-order valence-corrected chi connectivity index (χ0v) is 18.0. The first kappa shape index (κ1) is 23.0. The topological polar surface area (TPSA) is 20.3 Å². The Hall–Kier alpha value is -1.02. The minimum absolute atomic E-state index is 0.209. The average Bonchev–Trinajstić information content (AvgIpc) is 2.65. The van der Waals surface area contributed by atoms with Crippen LogP contribution in [0.1, 0.15) is 90.5 Å². The molecule has 3 heteroatoms. The van der Waals surface area contributed by atoms with Gasteiger partial charge in [-0.15, -0.1) is 0 Å². The second-order valence-corrected chi connectivity index (χ2v) is 7.96. The number of carbonyl (C=O) groups is 1. The van der Waals surface area contributed by atoms with Gasteiger partial charge in [-0.3, -0.25) is 4.79 Å². The van der Waals surface area contributed by atoms with Gasteiger partial charge in [-0.2, -0.15) is 0 Å². The summed E-state index contributed by atoms with van der Waals surface area (Å²) in [5.41, 5.74) is 1.33. The molecule has 1 aromatic rings. The highest BCUT2D eigenvalue weighted by atomic mass is 35.5. The second-order valence-electron chi connectivity index (χ2n) is 7.52. The molecule has 0 N–H and O–H groups in total. The molecule has 2 unspecified atom stereocenters. The Bertz CT molecular complexity index is 499. The lowest BCUT2D eigenvalue weighted by Crippen LogP contribution is -2.37. The van der Waals surface area contributed by atoms with Gasteiger partial charge in [0.2, 0.25) is 5.91 Å². The van der Waals surface area contributed by atoms with E-state index in [1.807, 2.05) is 12.1 Å². The van der Waals surface area contributed by atoms with Crippen molar-refractivity contribution in [1.29, 1.82) is 0 Å². The molecule has 1 amide bonds. The van der Waals surface area contributed by atoms with Gasteiger partial charge in [0.05, 0.1) is 0 Å². The summed E-state index contributed by atoms with van der Waals surface area (Å²) >= 11 is 5.98. The molecule has 0 saturated heterocycles. The van der Waals surface area contributed by atoms with Crippen molar-refractivity contribution in [3.8, 4) is 0 Å². The van der Waals surface area contributed by atoms with Crippen LogP contribution >= 0.6 is 11.6 Å². The molecule has 0 aliphatic heterocycles. The van der Waals surface area contributed by atoms with Gasteiger partial charge in [-0.25, -0.2) is 0 Å². The molecule has 0 radical (unpaired) electrons. The van der Waals surface area contributed by atoms with E-state index in [1.54, 1.807) is 0 Å². The fourth-order valence-corrected chi connectivity index (χ4v) is 3.56. The third-order valence-electron chi connectivity index (χ3n) is 5.35. The largest absolute Gasteiger partial charge is 0.342 e. The molecule has 1 rings (SSSR count). The van der Waals surface area contributed by atoms with Crippen molar-refractivity contribution >= 4 is 17.5 Å². The van der Waals surface area contributed by atoms with E-state index in [0.717, 1.165) is 69.5 Å². The lowest BCUT2D eigenvalue weighted by molar-refractivity contribution is -0.136. The van der Waals surface area contributed by atoms with Crippen LogP contribution in [0.25, 0.3) is 0 Å². The summed E-state index contributed by atoms with van der Waals surface area (Å²) in [6.45, 7) is 10.6. The van der Waals surface area contributed by atoms with Crippen molar-refractivity contribution in [2.45, 2.75) is 85.0 Å². The lowest BCUT2D eigenvalue weighted by atomic mass is 9.95. The lowest BCUT2D eigenvalue weighted by Gasteiger charge is -2.27. The van der Waals surface area contributed by atoms with Gasteiger partial charge in [0, 0.05) is 24.0 Å². The van der Waals surface area contributed by atoms with Crippen LogP contribution in [0, 0.1) is 5.92 Å². The maximum atomic E-state index is 13.0. The zero-order chi connectivity index (χ0) is 19.4. The Morgan fingerprint density at radius 2 is 1.58 bits per heavy atom. The standard InChI is InChI=1S/C23H38ClNO/c1-5-8-12-20(7-3)23(26)25(17-9-6-2)18-10-11-19(4)21-13-15-22(24)16-14-21/h13-16,19-20H,5-12,17-18H2,1-4H3. The number of halogens is 1. The van der Waals surface area contributed by atoms with Crippen LogP contribution in [0.3, 0.4) is 0 Å². The molecule has 0 bridgehead atoms. The van der Waals surface area contributed by atoms with E-state index in [1.165, 1.54) is 5.56 Å². The number of benzene rings is 1. The van der Waals surface area contributed by atoms with Crippen molar-refractivity contribution in [1.82, 2.24) is 4.90 Å². The van der Waals surface area contributed by atoms with Gasteiger partial charge >= 0.3 is 0 Å². The Kier molecular flexibility index (Phi) is 11.7. The molecule has 0 fully saturated rings. The number of hydrogen-bond donors (Lipinski definition) is 0. The molecule has 26 heavy (non-hydrogen) atoms. The number of hydrogen-bond acceptors (Lipinski definition) is 1. The van der Waals surface area contributed by atoms with Crippen LogP contribution in [0.15, 0.2) is 24.3 Å². The molecular formula is C23H38ClNO. The fourth-order valence-electron chi connectivity index (χ4n) is 3.44. The van der Waals surface area contributed by atoms with Gasteiger partial charge in [-0.1, -0.05) is 70.7 Å². The van der Waals surface area contributed by atoms with Crippen LogP contribution in [0.5, 0.6) is 0 Å². The molecule has 0 aliphatic carbocycles. The number of nitrogens with zero attached hydrogens (tertiary/aromatic N) is 1. The van der Waals surface area contributed by atoms with Crippen LogP contribution < -0.4 is 0 Å². The molecule has 0 heterocycles. The maximum Gasteiger partial charge on any atom is 0.225 e. The minimum Gasteiger partial charge on any atom is -0.342 e. The van der Waals surface area contributed by atoms with E-state index in [4.69, 9.17) is 11.6 Å². The molecule has 0 aliphatic rings. The highest BCUT2D eigenvalue weighted by Gasteiger charge is 2.22. The normalized spacial score (nSPS) is 13.4. The maximum absolute atomic E-state index is 13.0. The number of unbranched alkanes of at least 4 members (excludes halogenated alkanes) is 2. The SMILES string of the molecule is CCCCC(CC)C(=O)N(CCCC)CCCC(C)c1ccc(Cl)cc1. The van der Waals surface area contributed by atoms with E-state index >= 15 is 0 Å². The van der Waals surface area contributed by atoms with E-state index in [2.05, 4.69) is 44.7 Å². The summed E-state index contributed by atoms with van der Waals surface area (Å²) < 4.78 is 0. The molecule has 0 saturated carbocycles. The van der Waals surface area contributed by atoms with Crippen LogP contribution in [0.2, 0.25) is 5.02 Å². The first-order valence-electron chi connectivity index (χ1n) is 10.6. The van der Waals surface area contributed by atoms with E-state index in [-0.39, 0.29) is 5.92 Å². The van der Waals surface area contributed by atoms with Gasteiger partial charge in [0.15, 0.2) is 0 Å². The van der Waals surface area contributed by atoms with Crippen molar-refractivity contribution in [3.63, 3.8) is 0 Å². The molecule has 0 aromatic heterocycles. The summed E-state index contributed by atoms with van der Waals surface area (Å²) in [6, 6.07) is 8.16. The highest BCUT2D eigenvalue weighted by molar-refractivity contribution is 6.30. The highest BCUT2D eigenvalue weighted by Crippen LogP contribution is 2.23. The summed E-state index contributed by atoms with van der Waals surface area (Å²) in [5.74, 6) is 1.09. The monoisotopic (exact) mass is 379 g/mol. The van der Waals surface area contributed by atoms with Gasteiger partial charge < -0.3 is 4.90 Å². The minimum atomic E-state index is 0.209. The molecular weight excluding hydrogens is 342 g/mol. The Balaban J connectivity index is 2.57. The molecule has 2 nitrogen and oxygen atoms in total. The second kappa shape index (κ2) is 13.2. The number of rotatable bonds is 13. The summed E-state index contributed by atoms with van der Waals surface area (Å²) in [5, 5.41) is 0.787. The van der Waals surface area contributed by atoms with Gasteiger partial charge in [0.25, 0.3) is 0 Å². The molecule has 148 valence electrons. The molecule has 0 spiro atoms. The van der Waals surface area contributed by atoms with E-state index < -0.39 is 0 Å². The Morgan fingerprint density at radius 1 is 0.962 bits per heavy atom. The third kappa shape index (κ3) is 8.12. The summed E-state index contributed by atoms with van der Waals surface area (Å²) in [4.78, 5) is 15.1. The quantitative estimate of drug-likeness (QED) is 0.359. The van der Waals surface area contributed by atoms with Crippen molar-refractivity contribution < 1.29 is 4.79 Å². The average molecular weight is 380 g/mol. The fraction of sp³-hybridized carbons (Fsp3) is 0.696. The summed E-state index contributed by atoms with van der Waals surface area (Å²) in [6.07, 6.45) is 8.71. The summed E-state index contributed by atoms with van der Waals surface area (Å²) in [7, 11) is 0. The van der Waals surface area contributed by atoms with Crippen molar-refractivity contribution in [2.75, 3.05) is 13.1 Å².